The zero-order chi connectivity index (χ0) is 15.2. The van der Waals surface area contributed by atoms with E-state index in [9.17, 15) is 19.8 Å². The molecule has 0 saturated carbocycles. The van der Waals surface area contributed by atoms with Crippen molar-refractivity contribution >= 4 is 18.0 Å². The Morgan fingerprint density at radius 2 is 2.05 bits per heavy atom. The molecule has 1 aliphatic rings. The first-order valence-electron chi connectivity index (χ1n) is 6.78. The summed E-state index contributed by atoms with van der Waals surface area (Å²) in [5.41, 5.74) is 1.20. The van der Waals surface area contributed by atoms with E-state index in [1.807, 2.05) is 30.3 Å². The second-order valence-electron chi connectivity index (χ2n) is 4.96. The number of aliphatic hydroxyl groups is 1. The lowest BCUT2D eigenvalue weighted by atomic mass is 9.83. The van der Waals surface area contributed by atoms with Crippen LogP contribution in [-0.4, -0.2) is 29.6 Å². The number of hydrogen-bond donors (Lipinski definition) is 1. The number of carbonyl (C=O) groups excluding carboxylic acids is 2. The minimum Gasteiger partial charge on any atom is -0.550 e. The number of carbonyl (C=O) groups is 2. The minimum absolute atomic E-state index is 0.0114. The topological polar surface area (TPSA) is 89.8 Å². The number of rotatable bonds is 5. The molecule has 5 nitrogen and oxygen atoms in total. The maximum Gasteiger partial charge on any atom is 0.168 e. The van der Waals surface area contributed by atoms with Crippen molar-refractivity contribution in [1.29, 1.82) is 0 Å². The van der Waals surface area contributed by atoms with Crippen molar-refractivity contribution in [1.82, 2.24) is 0 Å². The fourth-order valence-electron chi connectivity index (χ4n) is 2.33. The molecule has 1 aliphatic carbocycles. The van der Waals surface area contributed by atoms with E-state index in [4.69, 9.17) is 0 Å². The number of allylic oxidation sites excluding steroid dienone is 2. The van der Waals surface area contributed by atoms with Gasteiger partial charge in [-0.15, -0.1) is 0 Å². The SMILES string of the molecule is O=C([O-])CCN=CC1=C(O)CC(c2ccccc2)CC1=O. The molecule has 0 bridgehead atoms. The molecule has 21 heavy (non-hydrogen) atoms. The fourth-order valence-corrected chi connectivity index (χ4v) is 2.33. The third-order valence-corrected chi connectivity index (χ3v) is 3.42. The van der Waals surface area contributed by atoms with Gasteiger partial charge in [0, 0.05) is 38.0 Å². The third-order valence-electron chi connectivity index (χ3n) is 3.42. The standard InChI is InChI=1S/C16H17NO4/c18-14-8-12(11-4-2-1-3-5-11)9-15(19)13(14)10-17-7-6-16(20)21/h1-5,10,12,18H,6-9H2,(H,20,21)/p-1. The van der Waals surface area contributed by atoms with Crippen LogP contribution in [0.2, 0.25) is 0 Å². The summed E-state index contributed by atoms with van der Waals surface area (Å²) in [4.78, 5) is 26.2. The summed E-state index contributed by atoms with van der Waals surface area (Å²) in [6.45, 7) is 0.0362. The van der Waals surface area contributed by atoms with Crippen molar-refractivity contribution in [2.45, 2.75) is 25.2 Å². The van der Waals surface area contributed by atoms with Crippen molar-refractivity contribution in [2.24, 2.45) is 4.99 Å². The van der Waals surface area contributed by atoms with Gasteiger partial charge in [-0.3, -0.25) is 9.79 Å². The number of aliphatic imine (C=N–C) groups is 1. The normalized spacial score (nSPS) is 19.2. The third kappa shape index (κ3) is 4.02. The van der Waals surface area contributed by atoms with E-state index in [2.05, 4.69) is 4.99 Å². The molecule has 0 fully saturated rings. The highest BCUT2D eigenvalue weighted by molar-refractivity contribution is 6.14. The van der Waals surface area contributed by atoms with Gasteiger partial charge in [0.15, 0.2) is 5.78 Å². The van der Waals surface area contributed by atoms with Crippen LogP contribution in [0, 0.1) is 0 Å². The first-order chi connectivity index (χ1) is 10.1. The molecule has 5 heteroatoms. The van der Waals surface area contributed by atoms with Crippen LogP contribution < -0.4 is 5.11 Å². The van der Waals surface area contributed by atoms with Gasteiger partial charge in [0.05, 0.1) is 5.57 Å². The quantitative estimate of drug-likeness (QED) is 0.822. The van der Waals surface area contributed by atoms with E-state index in [0.717, 1.165) is 5.56 Å². The number of carboxylic acid groups (broad SMARTS) is 1. The van der Waals surface area contributed by atoms with Crippen LogP contribution in [0.3, 0.4) is 0 Å². The Morgan fingerprint density at radius 1 is 1.33 bits per heavy atom. The predicted octanol–water partition coefficient (Wildman–Crippen LogP) is 1.16. The second kappa shape index (κ2) is 6.83. The smallest absolute Gasteiger partial charge is 0.168 e. The highest BCUT2D eigenvalue weighted by atomic mass is 16.4. The van der Waals surface area contributed by atoms with Gasteiger partial charge in [-0.05, 0) is 11.5 Å². The molecule has 1 aromatic carbocycles. The lowest BCUT2D eigenvalue weighted by Crippen LogP contribution is -2.23. The fraction of sp³-hybridized carbons (Fsp3) is 0.312. The molecule has 2 rings (SSSR count). The number of ketones is 1. The van der Waals surface area contributed by atoms with Crippen LogP contribution in [0.25, 0.3) is 0 Å². The summed E-state index contributed by atoms with van der Waals surface area (Å²) in [6, 6.07) is 9.57. The van der Waals surface area contributed by atoms with Crippen molar-refractivity contribution in [2.75, 3.05) is 6.54 Å². The van der Waals surface area contributed by atoms with E-state index in [1.165, 1.54) is 6.21 Å². The molecule has 0 heterocycles. The van der Waals surface area contributed by atoms with Gasteiger partial charge in [-0.2, -0.15) is 0 Å². The molecule has 1 N–H and O–H groups in total. The van der Waals surface area contributed by atoms with Gasteiger partial charge in [-0.1, -0.05) is 30.3 Å². The van der Waals surface area contributed by atoms with Gasteiger partial charge in [0.1, 0.15) is 5.76 Å². The molecule has 0 amide bonds. The number of hydrogen-bond acceptors (Lipinski definition) is 5. The van der Waals surface area contributed by atoms with E-state index >= 15 is 0 Å². The van der Waals surface area contributed by atoms with Crippen molar-refractivity contribution in [3.05, 3.63) is 47.2 Å². The van der Waals surface area contributed by atoms with Crippen LogP contribution in [0.1, 0.15) is 30.7 Å². The Bertz CT molecular complexity index is 590. The minimum atomic E-state index is -1.19. The number of Topliss-reactive ketones (excluding diaryl/α,β-unsaturated/α-hetero) is 1. The van der Waals surface area contributed by atoms with Crippen molar-refractivity contribution in [3.8, 4) is 0 Å². The lowest BCUT2D eigenvalue weighted by molar-refractivity contribution is -0.305. The molecule has 0 aromatic heterocycles. The average molecular weight is 286 g/mol. The Balaban J connectivity index is 2.07. The molecule has 0 aliphatic heterocycles. The Labute approximate surface area is 122 Å². The highest BCUT2D eigenvalue weighted by Gasteiger charge is 2.27. The molecule has 0 radical (unpaired) electrons. The highest BCUT2D eigenvalue weighted by Crippen LogP contribution is 2.32. The number of nitrogens with zero attached hydrogens (tertiary/aromatic N) is 1. The van der Waals surface area contributed by atoms with Crippen LogP contribution >= 0.6 is 0 Å². The number of carboxylic acids is 1. The maximum atomic E-state index is 12.1. The van der Waals surface area contributed by atoms with E-state index in [-0.39, 0.29) is 36.0 Å². The van der Waals surface area contributed by atoms with E-state index in [1.54, 1.807) is 0 Å². The van der Waals surface area contributed by atoms with Gasteiger partial charge in [0.2, 0.25) is 0 Å². The first kappa shape index (κ1) is 15.0. The van der Waals surface area contributed by atoms with Gasteiger partial charge in [0.25, 0.3) is 0 Å². The predicted molar refractivity (Wildman–Crippen MR) is 76.1 cm³/mol. The van der Waals surface area contributed by atoms with Gasteiger partial charge < -0.3 is 15.0 Å². The van der Waals surface area contributed by atoms with Crippen LogP contribution in [0.4, 0.5) is 0 Å². The zero-order valence-corrected chi connectivity index (χ0v) is 11.5. The monoisotopic (exact) mass is 286 g/mol. The second-order valence-corrected chi connectivity index (χ2v) is 4.96. The van der Waals surface area contributed by atoms with E-state index in [0.29, 0.717) is 12.8 Å². The summed E-state index contributed by atoms with van der Waals surface area (Å²) in [5.74, 6) is -1.38. The Morgan fingerprint density at radius 3 is 2.67 bits per heavy atom. The maximum absolute atomic E-state index is 12.1. The Kier molecular flexibility index (Phi) is 4.87. The molecular weight excluding hydrogens is 270 g/mol. The van der Waals surface area contributed by atoms with E-state index < -0.39 is 5.97 Å². The largest absolute Gasteiger partial charge is 0.550 e. The van der Waals surface area contributed by atoms with Gasteiger partial charge in [-0.25, -0.2) is 0 Å². The lowest BCUT2D eigenvalue weighted by Gasteiger charge is -2.22. The molecule has 1 atom stereocenters. The van der Waals surface area contributed by atoms with Crippen LogP contribution in [0.15, 0.2) is 46.7 Å². The molecule has 0 spiro atoms. The molecule has 0 saturated heterocycles. The number of aliphatic carboxylic acids is 1. The first-order valence-corrected chi connectivity index (χ1v) is 6.78. The molecule has 1 aromatic rings. The van der Waals surface area contributed by atoms with Crippen molar-refractivity contribution < 1.29 is 19.8 Å². The summed E-state index contributed by atoms with van der Waals surface area (Å²) in [6.07, 6.45) is 1.76. The zero-order valence-electron chi connectivity index (χ0n) is 11.5. The summed E-state index contributed by atoms with van der Waals surface area (Å²) < 4.78 is 0. The van der Waals surface area contributed by atoms with Gasteiger partial charge >= 0.3 is 0 Å². The van der Waals surface area contributed by atoms with Crippen molar-refractivity contribution in [3.63, 3.8) is 0 Å². The Hall–Kier alpha value is -2.43. The summed E-state index contributed by atoms with van der Waals surface area (Å²) >= 11 is 0. The number of benzene rings is 1. The van der Waals surface area contributed by atoms with Crippen LogP contribution in [0.5, 0.6) is 0 Å². The summed E-state index contributed by atoms with van der Waals surface area (Å²) in [7, 11) is 0. The molecule has 1 unspecified atom stereocenters. The van der Waals surface area contributed by atoms with Crippen LogP contribution in [-0.2, 0) is 9.59 Å². The summed E-state index contributed by atoms with van der Waals surface area (Å²) in [5, 5.41) is 20.3. The average Bonchev–Trinajstić information content (AvgIpc) is 2.46. The molecular formula is C16H16NO4-. The molecule has 110 valence electrons. The number of aliphatic hydroxyl groups excluding tert-OH is 1.